The summed E-state index contributed by atoms with van der Waals surface area (Å²) in [5.74, 6) is 1.23. The Morgan fingerprint density at radius 3 is 1.84 bits per heavy atom. The highest BCUT2D eigenvalue weighted by atomic mass is 16.6. The number of hydrogen-bond acceptors (Lipinski definition) is 5. The average Bonchev–Trinajstić information content (AvgIpc) is 3.36. The summed E-state index contributed by atoms with van der Waals surface area (Å²) < 4.78 is 13.2. The van der Waals surface area contributed by atoms with Gasteiger partial charge in [0.25, 0.3) is 0 Å². The highest BCUT2D eigenvalue weighted by Crippen LogP contribution is 2.57. The van der Waals surface area contributed by atoms with Gasteiger partial charge in [-0.25, -0.2) is 4.79 Å². The van der Waals surface area contributed by atoms with Gasteiger partial charge in [-0.2, -0.15) is 0 Å². The summed E-state index contributed by atoms with van der Waals surface area (Å²) in [7, 11) is 0. The summed E-state index contributed by atoms with van der Waals surface area (Å²) in [4.78, 5) is 18.3. The molecule has 0 radical (unpaired) electrons. The lowest BCUT2D eigenvalue weighted by Gasteiger charge is -2.38. The number of anilines is 2. The maximum absolute atomic E-state index is 13.5. The second-order valence-electron chi connectivity index (χ2n) is 12.8. The van der Waals surface area contributed by atoms with Gasteiger partial charge in [-0.1, -0.05) is 96.3 Å². The van der Waals surface area contributed by atoms with Crippen molar-refractivity contribution < 1.29 is 14.3 Å². The third kappa shape index (κ3) is 7.03. The molecule has 0 amide bonds. The van der Waals surface area contributed by atoms with E-state index in [2.05, 4.69) is 80.0 Å². The first-order valence-electron chi connectivity index (χ1n) is 17.9. The summed E-state index contributed by atoms with van der Waals surface area (Å²) in [5, 5.41) is 0. The number of rotatable bonds is 18. The number of carbonyl (C=O) groups is 1. The van der Waals surface area contributed by atoms with E-state index in [4.69, 9.17) is 9.47 Å². The van der Waals surface area contributed by atoms with E-state index in [9.17, 15) is 4.79 Å². The molecule has 0 N–H and O–H groups in total. The Morgan fingerprint density at radius 1 is 0.578 bits per heavy atom. The standard InChI is InChI=1S/C40H54N2O3/c1-5-9-11-13-15-19-27-42(28-20-16-14-12-10-6-2)31-24-26-37-36(29-31)40(34-22-18-17-21-33(34)39(43)45-40)35-25-23-32(30-38(35)44-37)41(7-3)8-4/h17-18,21-26,29-30H,5-16,19-20,27-28H2,1-4H3. The number of hydrogen-bond donors (Lipinski definition) is 0. The van der Waals surface area contributed by atoms with Crippen molar-refractivity contribution in [3.63, 3.8) is 0 Å². The Hall–Kier alpha value is -3.47. The van der Waals surface area contributed by atoms with Gasteiger partial charge in [0.1, 0.15) is 11.5 Å². The lowest BCUT2D eigenvalue weighted by molar-refractivity contribution is 0.0224. The molecule has 2 aliphatic rings. The van der Waals surface area contributed by atoms with Gasteiger partial charge < -0.3 is 19.3 Å². The van der Waals surface area contributed by atoms with Crippen LogP contribution in [-0.4, -0.2) is 32.1 Å². The second kappa shape index (κ2) is 15.7. The summed E-state index contributed by atoms with van der Waals surface area (Å²) in [6, 6.07) is 20.8. The average molecular weight is 611 g/mol. The molecule has 2 heterocycles. The molecular formula is C40H54N2O3. The van der Waals surface area contributed by atoms with E-state index in [0.717, 1.165) is 60.1 Å². The minimum Gasteiger partial charge on any atom is -0.456 e. The smallest absolute Gasteiger partial charge is 0.340 e. The number of fused-ring (bicyclic) bond motifs is 6. The fourth-order valence-corrected chi connectivity index (χ4v) is 7.17. The molecule has 1 atom stereocenters. The Kier molecular flexibility index (Phi) is 11.5. The monoisotopic (exact) mass is 610 g/mol. The molecule has 1 spiro atoms. The maximum atomic E-state index is 13.5. The fraction of sp³-hybridized carbons (Fsp3) is 0.525. The quantitative estimate of drug-likeness (QED) is 0.106. The van der Waals surface area contributed by atoms with Crippen LogP contribution in [0, 0.1) is 0 Å². The van der Waals surface area contributed by atoms with Crippen molar-refractivity contribution in [3.05, 3.63) is 82.9 Å². The van der Waals surface area contributed by atoms with Crippen molar-refractivity contribution in [2.75, 3.05) is 36.0 Å². The van der Waals surface area contributed by atoms with E-state index in [-0.39, 0.29) is 5.97 Å². The summed E-state index contributed by atoms with van der Waals surface area (Å²) in [6.45, 7) is 12.8. The predicted octanol–water partition coefficient (Wildman–Crippen LogP) is 10.6. The van der Waals surface area contributed by atoms with E-state index < -0.39 is 5.60 Å². The minimum atomic E-state index is -1.04. The second-order valence-corrected chi connectivity index (χ2v) is 12.8. The van der Waals surface area contributed by atoms with Gasteiger partial charge in [0, 0.05) is 60.3 Å². The number of unbranched alkanes of at least 4 members (excludes halogenated alkanes) is 10. The zero-order valence-corrected chi connectivity index (χ0v) is 28.2. The van der Waals surface area contributed by atoms with Gasteiger partial charge >= 0.3 is 5.97 Å². The normalized spacial score (nSPS) is 16.1. The molecule has 1 unspecified atom stereocenters. The van der Waals surface area contributed by atoms with Gasteiger partial charge in [0.05, 0.1) is 5.56 Å². The molecule has 0 fully saturated rings. The van der Waals surface area contributed by atoms with Crippen molar-refractivity contribution in [3.8, 4) is 11.5 Å². The Balaban J connectivity index is 1.51. The van der Waals surface area contributed by atoms with Crippen LogP contribution in [0.5, 0.6) is 11.5 Å². The first-order valence-corrected chi connectivity index (χ1v) is 17.9. The van der Waals surface area contributed by atoms with Crippen molar-refractivity contribution in [2.24, 2.45) is 0 Å². The van der Waals surface area contributed by atoms with Crippen LogP contribution >= 0.6 is 0 Å². The molecule has 0 saturated carbocycles. The Morgan fingerprint density at radius 2 is 1.18 bits per heavy atom. The highest BCUT2D eigenvalue weighted by molar-refractivity contribution is 5.97. The molecule has 2 aliphatic heterocycles. The zero-order chi connectivity index (χ0) is 31.6. The van der Waals surface area contributed by atoms with Crippen LogP contribution in [0.3, 0.4) is 0 Å². The van der Waals surface area contributed by atoms with Gasteiger partial charge in [-0.3, -0.25) is 0 Å². The molecular weight excluding hydrogens is 556 g/mol. The fourth-order valence-electron chi connectivity index (χ4n) is 7.17. The third-order valence-corrected chi connectivity index (χ3v) is 9.74. The van der Waals surface area contributed by atoms with Crippen LogP contribution in [0.25, 0.3) is 0 Å². The van der Waals surface area contributed by atoms with E-state index in [1.165, 1.54) is 82.7 Å². The van der Waals surface area contributed by atoms with Crippen LogP contribution in [0.15, 0.2) is 60.7 Å². The summed E-state index contributed by atoms with van der Waals surface area (Å²) >= 11 is 0. The number of esters is 1. The van der Waals surface area contributed by atoms with Crippen LogP contribution in [0.4, 0.5) is 11.4 Å². The number of ether oxygens (including phenoxy) is 2. The van der Waals surface area contributed by atoms with Crippen LogP contribution in [-0.2, 0) is 10.3 Å². The van der Waals surface area contributed by atoms with Crippen molar-refractivity contribution >= 4 is 17.3 Å². The van der Waals surface area contributed by atoms with Crippen LogP contribution in [0.1, 0.15) is 132 Å². The minimum absolute atomic E-state index is 0.279. The van der Waals surface area contributed by atoms with Crippen LogP contribution < -0.4 is 14.5 Å². The van der Waals surface area contributed by atoms with E-state index in [1.54, 1.807) is 0 Å². The van der Waals surface area contributed by atoms with Gasteiger partial charge in [-0.05, 0) is 63.1 Å². The van der Waals surface area contributed by atoms with Crippen molar-refractivity contribution in [1.82, 2.24) is 0 Å². The molecule has 0 bridgehead atoms. The molecule has 242 valence electrons. The SMILES string of the molecule is CCCCCCCCN(CCCCCCCC)c1ccc2c(c1)C1(OC(=O)c3ccccc31)c1ccc(N(CC)CC)cc1O2. The van der Waals surface area contributed by atoms with E-state index in [0.29, 0.717) is 5.56 Å². The molecule has 0 aliphatic carbocycles. The Labute approximate surface area is 271 Å². The molecule has 0 aromatic heterocycles. The summed E-state index contributed by atoms with van der Waals surface area (Å²) in [6.07, 6.45) is 15.4. The van der Waals surface area contributed by atoms with Crippen molar-refractivity contribution in [2.45, 2.75) is 110 Å². The third-order valence-electron chi connectivity index (χ3n) is 9.74. The van der Waals surface area contributed by atoms with Gasteiger partial charge in [0.15, 0.2) is 5.60 Å². The zero-order valence-electron chi connectivity index (χ0n) is 28.2. The lowest BCUT2D eigenvalue weighted by Crippen LogP contribution is -2.34. The van der Waals surface area contributed by atoms with Gasteiger partial charge in [0.2, 0.25) is 0 Å². The number of benzene rings is 3. The Bertz CT molecular complexity index is 1400. The highest BCUT2D eigenvalue weighted by Gasteiger charge is 2.53. The summed E-state index contributed by atoms with van der Waals surface area (Å²) in [5.41, 5.74) is 4.58. The van der Waals surface area contributed by atoms with Crippen LogP contribution in [0.2, 0.25) is 0 Å². The molecule has 5 rings (SSSR count). The number of nitrogens with zero attached hydrogens (tertiary/aromatic N) is 2. The lowest BCUT2D eigenvalue weighted by atomic mass is 9.77. The maximum Gasteiger partial charge on any atom is 0.340 e. The first-order chi connectivity index (χ1) is 22.1. The topological polar surface area (TPSA) is 42.0 Å². The van der Waals surface area contributed by atoms with Crippen molar-refractivity contribution in [1.29, 1.82) is 0 Å². The molecule has 45 heavy (non-hydrogen) atoms. The molecule has 0 saturated heterocycles. The van der Waals surface area contributed by atoms with E-state index in [1.807, 2.05) is 18.2 Å². The first kappa shape index (κ1) is 32.9. The number of carbonyl (C=O) groups excluding carboxylic acids is 1. The molecule has 5 nitrogen and oxygen atoms in total. The molecule has 3 aromatic carbocycles. The molecule has 3 aromatic rings. The van der Waals surface area contributed by atoms with E-state index >= 15 is 0 Å². The molecule has 5 heteroatoms. The van der Waals surface area contributed by atoms with Gasteiger partial charge in [-0.15, -0.1) is 0 Å². The predicted molar refractivity (Wildman–Crippen MR) is 187 cm³/mol. The largest absolute Gasteiger partial charge is 0.456 e.